The molecule has 0 aliphatic heterocycles. The van der Waals surface area contributed by atoms with Gasteiger partial charge in [-0.3, -0.25) is 20.3 Å². The molecule has 0 aromatic heterocycles. The Morgan fingerprint density at radius 2 is 1.80 bits per heavy atom. The highest BCUT2D eigenvalue weighted by molar-refractivity contribution is 7.89. The lowest BCUT2D eigenvalue weighted by molar-refractivity contribution is -0.385. The third-order valence-corrected chi connectivity index (χ3v) is 4.87. The Balaban J connectivity index is 2.09. The van der Waals surface area contributed by atoms with E-state index in [2.05, 4.69) is 5.43 Å². The molecule has 9 heteroatoms. The van der Waals surface area contributed by atoms with E-state index in [1.807, 2.05) is 23.9 Å². The van der Waals surface area contributed by atoms with E-state index in [9.17, 15) is 23.3 Å². The molecule has 0 atom stereocenters. The zero-order valence-electron chi connectivity index (χ0n) is 13.6. The molecule has 0 aliphatic rings. The lowest BCUT2D eigenvalue weighted by atomic mass is 10.1. The Labute approximate surface area is 145 Å². The Morgan fingerprint density at radius 3 is 2.44 bits per heavy atom. The Hall–Kier alpha value is -2.78. The fraction of sp³-hybridized carbons (Fsp3) is 0.188. The van der Waals surface area contributed by atoms with Crippen LogP contribution in [0.15, 0.2) is 47.4 Å². The van der Waals surface area contributed by atoms with Crippen molar-refractivity contribution in [3.05, 3.63) is 69.3 Å². The summed E-state index contributed by atoms with van der Waals surface area (Å²) in [5.74, 6) is -0.542. The second-order valence-electron chi connectivity index (χ2n) is 5.46. The maximum Gasteiger partial charge on any atom is 0.273 e. The summed E-state index contributed by atoms with van der Waals surface area (Å²) in [7, 11) is -4.12. The molecule has 1 amide bonds. The number of nitro groups is 1. The number of hydrogen-bond acceptors (Lipinski definition) is 5. The van der Waals surface area contributed by atoms with Gasteiger partial charge in [0.1, 0.15) is 0 Å². The molecule has 0 radical (unpaired) electrons. The van der Waals surface area contributed by atoms with Crippen molar-refractivity contribution in [1.29, 1.82) is 0 Å². The predicted octanol–water partition coefficient (Wildman–Crippen LogP) is 1.76. The normalized spacial score (nSPS) is 11.1. The van der Waals surface area contributed by atoms with Crippen LogP contribution in [-0.2, 0) is 21.2 Å². The van der Waals surface area contributed by atoms with Crippen LogP contribution in [0.3, 0.4) is 0 Å². The molecule has 2 aromatic carbocycles. The van der Waals surface area contributed by atoms with Crippen LogP contribution in [0.2, 0.25) is 0 Å². The van der Waals surface area contributed by atoms with Crippen LogP contribution >= 0.6 is 0 Å². The Kier molecular flexibility index (Phi) is 5.50. The first-order valence-corrected chi connectivity index (χ1v) is 8.79. The zero-order chi connectivity index (χ0) is 18.6. The number of hydrazine groups is 1. The van der Waals surface area contributed by atoms with E-state index in [0.717, 1.165) is 17.2 Å². The molecule has 25 heavy (non-hydrogen) atoms. The number of amides is 1. The molecule has 2 rings (SSSR count). The van der Waals surface area contributed by atoms with Crippen molar-refractivity contribution in [3.8, 4) is 0 Å². The first-order valence-electron chi connectivity index (χ1n) is 7.31. The van der Waals surface area contributed by atoms with Gasteiger partial charge in [-0.2, -0.15) is 0 Å². The molecule has 0 heterocycles. The van der Waals surface area contributed by atoms with Gasteiger partial charge < -0.3 is 0 Å². The Bertz CT molecular complexity index is 925. The predicted molar refractivity (Wildman–Crippen MR) is 91.2 cm³/mol. The zero-order valence-corrected chi connectivity index (χ0v) is 14.5. The van der Waals surface area contributed by atoms with Crippen LogP contribution in [0, 0.1) is 24.0 Å². The van der Waals surface area contributed by atoms with E-state index >= 15 is 0 Å². The van der Waals surface area contributed by atoms with Gasteiger partial charge in [0.25, 0.3) is 15.7 Å². The minimum Gasteiger partial charge on any atom is -0.277 e. The van der Waals surface area contributed by atoms with E-state index in [1.54, 1.807) is 12.1 Å². The summed E-state index contributed by atoms with van der Waals surface area (Å²) < 4.78 is 24.4. The summed E-state index contributed by atoms with van der Waals surface area (Å²) in [5, 5.41) is 10.9. The highest BCUT2D eigenvalue weighted by Gasteiger charge is 2.20. The molecule has 132 valence electrons. The molecule has 2 N–H and O–H groups in total. The molecule has 0 saturated heterocycles. The topological polar surface area (TPSA) is 118 Å². The molecule has 8 nitrogen and oxygen atoms in total. The summed E-state index contributed by atoms with van der Waals surface area (Å²) in [6.45, 7) is 3.35. The number of benzene rings is 2. The molecule has 0 bridgehead atoms. The molecule has 0 spiro atoms. The number of nitrogens with zero attached hydrogens (tertiary/aromatic N) is 1. The minimum atomic E-state index is -4.12. The lowest BCUT2D eigenvalue weighted by Gasteiger charge is -2.10. The number of carbonyl (C=O) groups excluding carboxylic acids is 1. The number of nitrogens with one attached hydrogen (secondary N) is 2. The molecule has 0 fully saturated rings. The summed E-state index contributed by atoms with van der Waals surface area (Å²) in [6.07, 6.45) is 0.00321. The van der Waals surface area contributed by atoms with Gasteiger partial charge in [-0.25, -0.2) is 8.42 Å². The van der Waals surface area contributed by atoms with Crippen molar-refractivity contribution in [2.75, 3.05) is 0 Å². The van der Waals surface area contributed by atoms with Gasteiger partial charge in [-0.05, 0) is 31.0 Å². The second-order valence-corrected chi connectivity index (χ2v) is 7.14. The smallest absolute Gasteiger partial charge is 0.273 e. The van der Waals surface area contributed by atoms with Gasteiger partial charge in [-0.1, -0.05) is 30.3 Å². The number of carbonyl (C=O) groups is 1. The summed E-state index contributed by atoms with van der Waals surface area (Å²) in [5.41, 5.74) is 3.82. The van der Waals surface area contributed by atoms with Gasteiger partial charge in [0.15, 0.2) is 0 Å². The molecular formula is C16H17N3O5S. The third-order valence-electron chi connectivity index (χ3n) is 3.62. The Morgan fingerprint density at radius 1 is 1.12 bits per heavy atom. The molecule has 2 aromatic rings. The van der Waals surface area contributed by atoms with Crippen molar-refractivity contribution in [3.63, 3.8) is 0 Å². The largest absolute Gasteiger partial charge is 0.277 e. The number of aryl methyl sites for hydroxylation is 2. The van der Waals surface area contributed by atoms with E-state index < -0.39 is 20.9 Å². The van der Waals surface area contributed by atoms with Crippen LogP contribution in [0.5, 0.6) is 0 Å². The van der Waals surface area contributed by atoms with Gasteiger partial charge in [-0.15, -0.1) is 4.83 Å². The van der Waals surface area contributed by atoms with E-state index in [1.165, 1.54) is 19.1 Å². The SMILES string of the molecule is Cc1ccccc1CC(=O)NNS(=O)(=O)c1ccc(C)c([N+](=O)[O-])c1. The highest BCUT2D eigenvalue weighted by Crippen LogP contribution is 2.21. The van der Waals surface area contributed by atoms with Crippen LogP contribution in [0.4, 0.5) is 5.69 Å². The quantitative estimate of drug-likeness (QED) is 0.599. The van der Waals surface area contributed by atoms with Crippen LogP contribution in [0.1, 0.15) is 16.7 Å². The van der Waals surface area contributed by atoms with Crippen molar-refractivity contribution in [2.24, 2.45) is 0 Å². The molecular weight excluding hydrogens is 346 g/mol. The van der Waals surface area contributed by atoms with Gasteiger partial charge in [0, 0.05) is 11.6 Å². The summed E-state index contributed by atoms with van der Waals surface area (Å²) in [6, 6.07) is 10.8. The number of rotatable bonds is 6. The van der Waals surface area contributed by atoms with E-state index in [-0.39, 0.29) is 17.0 Å². The van der Waals surface area contributed by atoms with Crippen LogP contribution < -0.4 is 10.3 Å². The summed E-state index contributed by atoms with van der Waals surface area (Å²) >= 11 is 0. The van der Waals surface area contributed by atoms with Crippen LogP contribution in [-0.4, -0.2) is 19.2 Å². The van der Waals surface area contributed by atoms with Crippen molar-refractivity contribution >= 4 is 21.6 Å². The van der Waals surface area contributed by atoms with Crippen molar-refractivity contribution in [2.45, 2.75) is 25.2 Å². The molecule has 0 saturated carbocycles. The van der Waals surface area contributed by atoms with Gasteiger partial charge >= 0.3 is 0 Å². The minimum absolute atomic E-state index is 0.00321. The first-order chi connectivity index (χ1) is 11.7. The van der Waals surface area contributed by atoms with Crippen molar-refractivity contribution < 1.29 is 18.1 Å². The fourth-order valence-corrected chi connectivity index (χ4v) is 3.04. The summed E-state index contributed by atoms with van der Waals surface area (Å²) in [4.78, 5) is 23.8. The monoisotopic (exact) mass is 363 g/mol. The number of sulfonamides is 1. The van der Waals surface area contributed by atoms with Crippen molar-refractivity contribution in [1.82, 2.24) is 10.3 Å². The first kappa shape index (κ1) is 18.6. The average Bonchev–Trinajstić information content (AvgIpc) is 2.55. The highest BCUT2D eigenvalue weighted by atomic mass is 32.2. The van der Waals surface area contributed by atoms with Crippen LogP contribution in [0.25, 0.3) is 0 Å². The van der Waals surface area contributed by atoms with Gasteiger partial charge in [0.2, 0.25) is 5.91 Å². The van der Waals surface area contributed by atoms with E-state index in [4.69, 9.17) is 0 Å². The van der Waals surface area contributed by atoms with Gasteiger partial charge in [0.05, 0.1) is 16.2 Å². The number of nitro benzene ring substituents is 1. The fourth-order valence-electron chi connectivity index (χ4n) is 2.16. The van der Waals surface area contributed by atoms with E-state index in [0.29, 0.717) is 5.56 Å². The third kappa shape index (κ3) is 4.61. The standard InChI is InChI=1S/C16H17N3O5S/c1-11-5-3-4-6-13(11)9-16(20)17-18-25(23,24)14-8-7-12(2)15(10-14)19(21)22/h3-8,10,18H,9H2,1-2H3,(H,17,20). The molecule has 0 unspecified atom stereocenters. The second kappa shape index (κ2) is 7.41. The lowest BCUT2D eigenvalue weighted by Crippen LogP contribution is -2.42. The molecule has 0 aliphatic carbocycles. The average molecular weight is 363 g/mol. The number of hydrogen-bond donors (Lipinski definition) is 2. The maximum absolute atomic E-state index is 12.2. The maximum atomic E-state index is 12.2.